The van der Waals surface area contributed by atoms with Gasteiger partial charge in [-0.05, 0) is 98.2 Å². The predicted molar refractivity (Wildman–Crippen MR) is 160 cm³/mol. The van der Waals surface area contributed by atoms with Crippen molar-refractivity contribution >= 4 is 23.2 Å². The number of carboxylic acid groups (broad SMARTS) is 1. The Kier molecular flexibility index (Phi) is 9.00. The Hall–Kier alpha value is -4.00. The van der Waals surface area contributed by atoms with Crippen LogP contribution in [0.25, 0.3) is 4.85 Å². The maximum Gasteiger partial charge on any atom is 0.415 e. The highest BCUT2D eigenvalue weighted by Crippen LogP contribution is 2.37. The van der Waals surface area contributed by atoms with Crippen LogP contribution < -0.4 is 9.80 Å². The van der Waals surface area contributed by atoms with Crippen molar-refractivity contribution in [3.05, 3.63) is 81.8 Å². The molecule has 10 heteroatoms. The van der Waals surface area contributed by atoms with E-state index < -0.39 is 17.7 Å². The van der Waals surface area contributed by atoms with Crippen molar-refractivity contribution in [1.82, 2.24) is 9.78 Å². The fourth-order valence-electron chi connectivity index (χ4n) is 6.59. The highest BCUT2D eigenvalue weighted by atomic mass is 19.4. The molecule has 0 bridgehead atoms. The second kappa shape index (κ2) is 12.7. The lowest BCUT2D eigenvalue weighted by atomic mass is 9.81. The van der Waals surface area contributed by atoms with Crippen LogP contribution in [0.15, 0.2) is 42.6 Å². The average molecular weight is 594 g/mol. The molecule has 1 fully saturated rings. The Bertz CT molecular complexity index is 1500. The minimum atomic E-state index is -4.55. The normalized spacial score (nSPS) is 18.2. The summed E-state index contributed by atoms with van der Waals surface area (Å²) >= 11 is 0. The molecule has 228 valence electrons. The van der Waals surface area contributed by atoms with Crippen molar-refractivity contribution in [1.29, 1.82) is 0 Å². The average Bonchev–Trinajstić information content (AvgIpc) is 3.63. The van der Waals surface area contributed by atoms with Crippen molar-refractivity contribution in [2.24, 2.45) is 18.9 Å². The topological polar surface area (TPSA) is 66.0 Å². The summed E-state index contributed by atoms with van der Waals surface area (Å²) in [6, 6.07) is 9.95. The molecule has 7 nitrogen and oxygen atoms in total. The molecule has 1 heterocycles. The number of benzene rings is 2. The zero-order valence-corrected chi connectivity index (χ0v) is 24.7. The molecule has 2 aliphatic rings. The number of rotatable bonds is 10. The van der Waals surface area contributed by atoms with Crippen LogP contribution in [0.2, 0.25) is 0 Å². The number of fused-ring (bicyclic) bond motifs is 1. The fraction of sp³-hybridized carbons (Fsp3) is 0.485. The Labute approximate surface area is 250 Å². The summed E-state index contributed by atoms with van der Waals surface area (Å²) in [6.07, 6.45) is 3.54. The first-order chi connectivity index (χ1) is 20.5. The molecule has 0 unspecified atom stereocenters. The lowest BCUT2D eigenvalue weighted by Crippen LogP contribution is -2.34. The quantitative estimate of drug-likeness (QED) is 0.248. The molecule has 3 aromatic rings. The van der Waals surface area contributed by atoms with Crippen LogP contribution >= 0.6 is 0 Å². The molecule has 5 rings (SSSR count). The Morgan fingerprint density at radius 1 is 1.07 bits per heavy atom. The molecule has 0 radical (unpaired) electrons. The minimum absolute atomic E-state index is 0.0428. The van der Waals surface area contributed by atoms with E-state index in [1.807, 2.05) is 24.2 Å². The van der Waals surface area contributed by atoms with Gasteiger partial charge in [0.25, 0.3) is 0 Å². The molecule has 0 spiro atoms. The van der Waals surface area contributed by atoms with Crippen molar-refractivity contribution in [2.45, 2.75) is 71.1 Å². The van der Waals surface area contributed by atoms with Crippen LogP contribution in [0, 0.1) is 18.4 Å². The van der Waals surface area contributed by atoms with Crippen LogP contribution in [0.1, 0.15) is 66.8 Å². The van der Waals surface area contributed by atoms with E-state index >= 15 is 0 Å². The van der Waals surface area contributed by atoms with E-state index in [-0.39, 0.29) is 18.2 Å². The number of halogens is 3. The van der Waals surface area contributed by atoms with Gasteiger partial charge in [0, 0.05) is 56.7 Å². The van der Waals surface area contributed by atoms with Crippen LogP contribution in [0.4, 0.5) is 30.4 Å². The number of aromatic nitrogens is 2. The molecule has 1 N–H and O–H groups in total. The van der Waals surface area contributed by atoms with Crippen LogP contribution in [0.5, 0.6) is 0 Å². The van der Waals surface area contributed by atoms with E-state index in [4.69, 9.17) is 6.57 Å². The van der Waals surface area contributed by atoms with Crippen molar-refractivity contribution < 1.29 is 23.1 Å². The third-order valence-electron chi connectivity index (χ3n) is 8.88. The molecule has 0 atom stereocenters. The molecule has 2 aliphatic carbocycles. The molecular formula is C33H38F3N5O2. The van der Waals surface area contributed by atoms with Gasteiger partial charge >= 0.3 is 12.1 Å². The van der Waals surface area contributed by atoms with Crippen LogP contribution in [0.3, 0.4) is 0 Å². The summed E-state index contributed by atoms with van der Waals surface area (Å²) in [6.45, 7) is 11.7. The summed E-state index contributed by atoms with van der Waals surface area (Å²) in [5.41, 5.74) is 4.39. The largest absolute Gasteiger partial charge is 0.481 e. The van der Waals surface area contributed by atoms with Gasteiger partial charge in [-0.2, -0.15) is 18.3 Å². The van der Waals surface area contributed by atoms with Gasteiger partial charge in [0.15, 0.2) is 11.5 Å². The Morgan fingerprint density at radius 2 is 1.79 bits per heavy atom. The standard InChI is InChI=1S/C33H38F3N5O2/c1-4-40(19-22-8-10-24(11-9-22)32(42)43)30-17-26-7-5-6-25(26)16-27(30)21-41(31-12-13-39(3)38-31)20-23-14-28(33(34,35)36)18-29(15-23)37-2/h12-18,22,24H,4-11,19-21H2,1,3H3,(H,42,43). The summed E-state index contributed by atoms with van der Waals surface area (Å²) in [5, 5.41) is 14.0. The van der Waals surface area contributed by atoms with E-state index in [0.29, 0.717) is 36.7 Å². The number of hydrogen-bond donors (Lipinski definition) is 1. The molecule has 1 saturated carbocycles. The Morgan fingerprint density at radius 3 is 2.40 bits per heavy atom. The van der Waals surface area contributed by atoms with E-state index in [1.54, 1.807) is 4.68 Å². The highest BCUT2D eigenvalue weighted by Gasteiger charge is 2.32. The first kappa shape index (κ1) is 30.5. The van der Waals surface area contributed by atoms with E-state index in [0.717, 1.165) is 68.6 Å². The summed E-state index contributed by atoms with van der Waals surface area (Å²) in [4.78, 5) is 19.1. The van der Waals surface area contributed by atoms with E-state index in [2.05, 4.69) is 33.9 Å². The number of nitrogens with zero attached hydrogens (tertiary/aromatic N) is 5. The lowest BCUT2D eigenvalue weighted by Gasteiger charge is -2.34. The maximum atomic E-state index is 13.7. The van der Waals surface area contributed by atoms with Gasteiger partial charge in [0.1, 0.15) is 0 Å². The Balaban J connectivity index is 1.48. The molecule has 43 heavy (non-hydrogen) atoms. The van der Waals surface area contributed by atoms with Crippen LogP contribution in [-0.2, 0) is 43.9 Å². The molecule has 1 aromatic heterocycles. The van der Waals surface area contributed by atoms with Crippen LogP contribution in [-0.4, -0.2) is 33.9 Å². The smallest absolute Gasteiger partial charge is 0.415 e. The van der Waals surface area contributed by atoms with E-state index in [1.165, 1.54) is 17.2 Å². The molecular weight excluding hydrogens is 555 g/mol. The van der Waals surface area contributed by atoms with Gasteiger partial charge in [0.2, 0.25) is 0 Å². The lowest BCUT2D eigenvalue weighted by molar-refractivity contribution is -0.143. The molecule has 2 aromatic carbocycles. The monoisotopic (exact) mass is 593 g/mol. The summed E-state index contributed by atoms with van der Waals surface area (Å²) < 4.78 is 42.7. The molecule has 0 amide bonds. The van der Waals surface area contributed by atoms with Gasteiger partial charge in [0.05, 0.1) is 12.5 Å². The third kappa shape index (κ3) is 7.15. The van der Waals surface area contributed by atoms with E-state index in [9.17, 15) is 23.1 Å². The van der Waals surface area contributed by atoms with Gasteiger partial charge in [-0.15, -0.1) is 0 Å². The highest BCUT2D eigenvalue weighted by molar-refractivity contribution is 5.70. The van der Waals surface area contributed by atoms with Gasteiger partial charge in [-0.25, -0.2) is 4.85 Å². The van der Waals surface area contributed by atoms with Gasteiger partial charge < -0.3 is 14.9 Å². The third-order valence-corrected chi connectivity index (χ3v) is 8.88. The fourth-order valence-corrected chi connectivity index (χ4v) is 6.59. The van der Waals surface area contributed by atoms with Gasteiger partial charge in [-0.3, -0.25) is 9.48 Å². The number of alkyl halides is 3. The zero-order valence-electron chi connectivity index (χ0n) is 24.7. The molecule has 0 aliphatic heterocycles. The maximum absolute atomic E-state index is 13.7. The number of carbonyl (C=O) groups is 1. The molecule has 0 saturated heterocycles. The summed E-state index contributed by atoms with van der Waals surface area (Å²) in [7, 11) is 1.81. The van der Waals surface area contributed by atoms with Crippen molar-refractivity contribution in [2.75, 3.05) is 22.9 Å². The SMILES string of the molecule is [C-]#[N+]c1cc(CN(Cc2cc3c(cc2N(CC)CC2CCC(C(=O)O)CC2)CCC3)c2ccn(C)n2)cc(C(F)(F)F)c1. The first-order valence-corrected chi connectivity index (χ1v) is 15.0. The summed E-state index contributed by atoms with van der Waals surface area (Å²) in [5.74, 6) is 0.0881. The number of anilines is 2. The van der Waals surface area contributed by atoms with Gasteiger partial charge in [-0.1, -0.05) is 12.1 Å². The zero-order chi connectivity index (χ0) is 30.7. The predicted octanol–water partition coefficient (Wildman–Crippen LogP) is 7.40. The first-order valence-electron chi connectivity index (χ1n) is 15.0. The number of hydrogen-bond acceptors (Lipinski definition) is 4. The number of aryl methyl sites for hydroxylation is 3. The number of carboxylic acids is 1. The second-order valence-electron chi connectivity index (χ2n) is 11.9. The minimum Gasteiger partial charge on any atom is -0.481 e. The second-order valence-corrected chi connectivity index (χ2v) is 11.9. The van der Waals surface area contributed by atoms with Crippen molar-refractivity contribution in [3.63, 3.8) is 0 Å². The van der Waals surface area contributed by atoms with Crippen molar-refractivity contribution in [3.8, 4) is 0 Å². The number of aliphatic carboxylic acids is 1.